The number of carbonyl (C=O) groups excluding carboxylic acids is 1. The zero-order valence-corrected chi connectivity index (χ0v) is 15.0. The number of anilines is 1. The Morgan fingerprint density at radius 3 is 2.74 bits per heavy atom. The third kappa shape index (κ3) is 2.88. The van der Waals surface area contributed by atoms with Gasteiger partial charge in [0.2, 0.25) is 5.89 Å². The molecule has 1 amide bonds. The molecule has 5 heteroatoms. The van der Waals surface area contributed by atoms with Gasteiger partial charge in [-0.15, -0.1) is 11.3 Å². The van der Waals surface area contributed by atoms with E-state index in [0.29, 0.717) is 27.6 Å². The zero-order valence-electron chi connectivity index (χ0n) is 14.2. The minimum atomic E-state index is -0.123. The van der Waals surface area contributed by atoms with Crippen molar-refractivity contribution in [3.05, 3.63) is 83.1 Å². The third-order valence-corrected chi connectivity index (χ3v) is 5.28. The SMILES string of the molecule is O=C(Nc1ccc2oc(-c3cccc4ccccc34)nc2c1)c1cccs1. The highest BCUT2D eigenvalue weighted by Crippen LogP contribution is 2.31. The molecule has 3 aromatic carbocycles. The van der Waals surface area contributed by atoms with Gasteiger partial charge in [0.05, 0.1) is 4.88 Å². The average molecular weight is 370 g/mol. The fourth-order valence-electron chi connectivity index (χ4n) is 3.13. The summed E-state index contributed by atoms with van der Waals surface area (Å²) in [6.45, 7) is 0. The van der Waals surface area contributed by atoms with Gasteiger partial charge < -0.3 is 9.73 Å². The molecular formula is C22H14N2O2S. The van der Waals surface area contributed by atoms with Crippen LogP contribution in [0.15, 0.2) is 82.6 Å². The molecule has 0 saturated heterocycles. The molecule has 130 valence electrons. The minimum absolute atomic E-state index is 0.123. The van der Waals surface area contributed by atoms with Crippen LogP contribution in [0.1, 0.15) is 9.67 Å². The van der Waals surface area contributed by atoms with E-state index in [4.69, 9.17) is 4.42 Å². The van der Waals surface area contributed by atoms with E-state index in [9.17, 15) is 4.79 Å². The number of benzene rings is 3. The highest BCUT2D eigenvalue weighted by atomic mass is 32.1. The van der Waals surface area contributed by atoms with Crippen LogP contribution in [0.25, 0.3) is 33.3 Å². The number of carbonyl (C=O) groups is 1. The summed E-state index contributed by atoms with van der Waals surface area (Å²) in [5.41, 5.74) is 3.04. The number of thiophene rings is 1. The fourth-order valence-corrected chi connectivity index (χ4v) is 3.75. The van der Waals surface area contributed by atoms with Crippen LogP contribution in [0.2, 0.25) is 0 Å². The Morgan fingerprint density at radius 1 is 0.963 bits per heavy atom. The summed E-state index contributed by atoms with van der Waals surface area (Å²) in [6, 6.07) is 23.4. The van der Waals surface area contributed by atoms with Crippen LogP contribution < -0.4 is 5.32 Å². The Hall–Kier alpha value is -3.44. The molecule has 2 heterocycles. The van der Waals surface area contributed by atoms with E-state index in [1.165, 1.54) is 11.3 Å². The van der Waals surface area contributed by atoms with E-state index in [-0.39, 0.29) is 5.91 Å². The number of rotatable bonds is 3. The first-order valence-electron chi connectivity index (χ1n) is 8.51. The van der Waals surface area contributed by atoms with Gasteiger partial charge in [-0.25, -0.2) is 4.98 Å². The first-order chi connectivity index (χ1) is 13.3. The number of amides is 1. The summed E-state index contributed by atoms with van der Waals surface area (Å²) in [6.07, 6.45) is 0. The van der Waals surface area contributed by atoms with Crippen LogP contribution >= 0.6 is 11.3 Å². The van der Waals surface area contributed by atoms with Crippen LogP contribution in [-0.2, 0) is 0 Å². The van der Waals surface area contributed by atoms with Crippen LogP contribution in [0.5, 0.6) is 0 Å². The van der Waals surface area contributed by atoms with Crippen molar-refractivity contribution in [2.45, 2.75) is 0 Å². The van der Waals surface area contributed by atoms with Crippen molar-refractivity contribution in [3.8, 4) is 11.5 Å². The van der Waals surface area contributed by atoms with E-state index < -0.39 is 0 Å². The van der Waals surface area contributed by atoms with Crippen LogP contribution in [-0.4, -0.2) is 10.9 Å². The standard InChI is InChI=1S/C22H14N2O2S/c25-21(20-9-4-12-27-20)23-15-10-11-19-18(13-15)24-22(26-19)17-8-3-6-14-5-1-2-7-16(14)17/h1-13H,(H,23,25). The first kappa shape index (κ1) is 15.8. The second-order valence-corrected chi connectivity index (χ2v) is 7.11. The molecule has 0 radical (unpaired) electrons. The summed E-state index contributed by atoms with van der Waals surface area (Å²) >= 11 is 1.41. The van der Waals surface area contributed by atoms with Gasteiger partial charge in [0.1, 0.15) is 5.52 Å². The molecule has 0 saturated carbocycles. The van der Waals surface area contributed by atoms with Gasteiger partial charge >= 0.3 is 0 Å². The van der Waals surface area contributed by atoms with Gasteiger partial charge in [0.25, 0.3) is 5.91 Å². The molecule has 0 aliphatic heterocycles. The van der Waals surface area contributed by atoms with Crippen molar-refractivity contribution in [2.24, 2.45) is 0 Å². The summed E-state index contributed by atoms with van der Waals surface area (Å²) in [5, 5.41) is 7.02. The number of nitrogens with zero attached hydrogens (tertiary/aromatic N) is 1. The first-order valence-corrected chi connectivity index (χ1v) is 9.39. The molecule has 0 bridgehead atoms. The van der Waals surface area contributed by atoms with Crippen molar-refractivity contribution in [1.82, 2.24) is 4.98 Å². The lowest BCUT2D eigenvalue weighted by Crippen LogP contribution is -2.09. The van der Waals surface area contributed by atoms with Gasteiger partial charge in [0, 0.05) is 11.3 Å². The molecule has 4 nitrogen and oxygen atoms in total. The summed E-state index contributed by atoms with van der Waals surface area (Å²) in [5.74, 6) is 0.450. The van der Waals surface area contributed by atoms with Gasteiger partial charge in [-0.1, -0.05) is 42.5 Å². The maximum atomic E-state index is 12.2. The Bertz CT molecular complexity index is 1270. The number of nitrogens with one attached hydrogen (secondary N) is 1. The smallest absolute Gasteiger partial charge is 0.265 e. The maximum Gasteiger partial charge on any atom is 0.265 e. The second kappa shape index (κ2) is 6.37. The number of hydrogen-bond acceptors (Lipinski definition) is 4. The molecule has 2 aromatic heterocycles. The predicted molar refractivity (Wildman–Crippen MR) is 109 cm³/mol. The molecule has 0 atom stereocenters. The van der Waals surface area contributed by atoms with Crippen molar-refractivity contribution >= 4 is 44.8 Å². The van der Waals surface area contributed by atoms with Crippen molar-refractivity contribution in [1.29, 1.82) is 0 Å². The Kier molecular flexibility index (Phi) is 3.73. The topological polar surface area (TPSA) is 55.1 Å². The van der Waals surface area contributed by atoms with Gasteiger partial charge in [-0.05, 0) is 46.5 Å². The third-order valence-electron chi connectivity index (χ3n) is 4.41. The number of aromatic nitrogens is 1. The normalized spacial score (nSPS) is 11.1. The lowest BCUT2D eigenvalue weighted by Gasteiger charge is -2.02. The van der Waals surface area contributed by atoms with Crippen molar-refractivity contribution in [3.63, 3.8) is 0 Å². The van der Waals surface area contributed by atoms with Gasteiger partial charge in [0.15, 0.2) is 5.58 Å². The van der Waals surface area contributed by atoms with Crippen molar-refractivity contribution < 1.29 is 9.21 Å². The minimum Gasteiger partial charge on any atom is -0.436 e. The van der Waals surface area contributed by atoms with E-state index in [1.54, 1.807) is 6.07 Å². The van der Waals surface area contributed by atoms with Crippen molar-refractivity contribution in [2.75, 3.05) is 5.32 Å². The highest BCUT2D eigenvalue weighted by Gasteiger charge is 2.13. The molecule has 1 N–H and O–H groups in total. The Morgan fingerprint density at radius 2 is 1.85 bits per heavy atom. The molecular weight excluding hydrogens is 356 g/mol. The van der Waals surface area contributed by atoms with E-state index in [0.717, 1.165) is 16.3 Å². The molecule has 0 unspecified atom stereocenters. The summed E-state index contributed by atoms with van der Waals surface area (Å²) in [4.78, 5) is 17.6. The van der Waals surface area contributed by atoms with Gasteiger partial charge in [-0.2, -0.15) is 0 Å². The Labute approximate surface area is 159 Å². The number of fused-ring (bicyclic) bond motifs is 2. The molecule has 0 spiro atoms. The quantitative estimate of drug-likeness (QED) is 0.426. The molecule has 5 aromatic rings. The summed E-state index contributed by atoms with van der Waals surface area (Å²) in [7, 11) is 0. The largest absolute Gasteiger partial charge is 0.436 e. The lowest BCUT2D eigenvalue weighted by molar-refractivity contribution is 0.103. The van der Waals surface area contributed by atoms with Crippen LogP contribution in [0.3, 0.4) is 0 Å². The maximum absolute atomic E-state index is 12.2. The lowest BCUT2D eigenvalue weighted by atomic mass is 10.0. The zero-order chi connectivity index (χ0) is 18.2. The average Bonchev–Trinajstić information content (AvgIpc) is 3.37. The Balaban J connectivity index is 1.53. The monoisotopic (exact) mass is 370 g/mol. The van der Waals surface area contributed by atoms with Crippen LogP contribution in [0.4, 0.5) is 5.69 Å². The fraction of sp³-hybridized carbons (Fsp3) is 0. The highest BCUT2D eigenvalue weighted by molar-refractivity contribution is 7.12. The molecule has 27 heavy (non-hydrogen) atoms. The predicted octanol–water partition coefficient (Wildman–Crippen LogP) is 5.96. The molecule has 0 aliphatic rings. The number of hydrogen-bond donors (Lipinski definition) is 1. The number of oxazole rings is 1. The van der Waals surface area contributed by atoms with E-state index >= 15 is 0 Å². The van der Waals surface area contributed by atoms with Crippen LogP contribution in [0, 0.1) is 0 Å². The van der Waals surface area contributed by atoms with E-state index in [1.807, 2.05) is 53.9 Å². The van der Waals surface area contributed by atoms with E-state index in [2.05, 4.69) is 28.5 Å². The summed E-state index contributed by atoms with van der Waals surface area (Å²) < 4.78 is 5.97. The second-order valence-electron chi connectivity index (χ2n) is 6.16. The van der Waals surface area contributed by atoms with Gasteiger partial charge in [-0.3, -0.25) is 4.79 Å². The molecule has 0 aliphatic carbocycles. The molecule has 0 fully saturated rings. The molecule has 5 rings (SSSR count).